The maximum atomic E-state index is 12.2. The molecule has 1 aromatic rings. The van der Waals surface area contributed by atoms with Crippen LogP contribution in [0.2, 0.25) is 0 Å². The van der Waals surface area contributed by atoms with E-state index in [1.54, 1.807) is 29.2 Å². The van der Waals surface area contributed by atoms with Crippen molar-refractivity contribution in [3.8, 4) is 0 Å². The van der Waals surface area contributed by atoms with E-state index in [-0.39, 0.29) is 6.03 Å². The Hall–Kier alpha value is -2.04. The van der Waals surface area contributed by atoms with Crippen LogP contribution in [-0.4, -0.2) is 35.1 Å². The second kappa shape index (κ2) is 7.11. The maximum Gasteiger partial charge on any atom is 0.330 e. The Kier molecular flexibility index (Phi) is 5.20. The Balaban J connectivity index is 1.98. The Labute approximate surface area is 125 Å². The zero-order chi connectivity index (χ0) is 15.2. The van der Waals surface area contributed by atoms with Crippen molar-refractivity contribution in [2.24, 2.45) is 5.92 Å². The molecule has 2 amide bonds. The monoisotopic (exact) mass is 290 g/mol. The molecular weight excluding hydrogens is 268 g/mol. The van der Waals surface area contributed by atoms with E-state index in [1.165, 1.54) is 0 Å². The predicted octanol–water partition coefficient (Wildman–Crippen LogP) is 2.64. The van der Waals surface area contributed by atoms with Crippen LogP contribution >= 0.6 is 0 Å². The Morgan fingerprint density at radius 1 is 1.38 bits per heavy atom. The minimum Gasteiger partial charge on any atom is -0.479 e. The number of amides is 2. The molecule has 1 heterocycles. The molecule has 0 spiro atoms. The van der Waals surface area contributed by atoms with Crippen LogP contribution in [0.1, 0.15) is 37.8 Å². The van der Waals surface area contributed by atoms with Crippen molar-refractivity contribution < 1.29 is 14.7 Å². The fourth-order valence-corrected chi connectivity index (χ4v) is 2.81. The van der Waals surface area contributed by atoms with Crippen molar-refractivity contribution in [1.82, 2.24) is 10.2 Å². The van der Waals surface area contributed by atoms with Gasteiger partial charge >= 0.3 is 12.0 Å². The van der Waals surface area contributed by atoms with E-state index in [9.17, 15) is 14.7 Å². The molecule has 5 nitrogen and oxygen atoms in total. The van der Waals surface area contributed by atoms with Crippen molar-refractivity contribution in [1.29, 1.82) is 0 Å². The van der Waals surface area contributed by atoms with Gasteiger partial charge in [0.25, 0.3) is 0 Å². The summed E-state index contributed by atoms with van der Waals surface area (Å²) in [7, 11) is 0. The predicted molar refractivity (Wildman–Crippen MR) is 79.9 cm³/mol. The number of carbonyl (C=O) groups excluding carboxylic acids is 1. The lowest BCUT2D eigenvalue weighted by atomic mass is 10.0. The molecule has 1 saturated heterocycles. The number of benzene rings is 1. The Morgan fingerprint density at radius 2 is 2.10 bits per heavy atom. The molecule has 5 heteroatoms. The average Bonchev–Trinajstić information content (AvgIpc) is 2.94. The third-order valence-electron chi connectivity index (χ3n) is 3.92. The fourth-order valence-electron chi connectivity index (χ4n) is 2.81. The van der Waals surface area contributed by atoms with Gasteiger partial charge in [0.1, 0.15) is 0 Å². The highest BCUT2D eigenvalue weighted by Crippen LogP contribution is 2.21. The van der Waals surface area contributed by atoms with E-state index in [0.29, 0.717) is 18.0 Å². The van der Waals surface area contributed by atoms with Gasteiger partial charge in [0, 0.05) is 13.1 Å². The molecule has 0 aromatic heterocycles. The zero-order valence-corrected chi connectivity index (χ0v) is 12.3. The van der Waals surface area contributed by atoms with Crippen molar-refractivity contribution in [3.63, 3.8) is 0 Å². The number of hydrogen-bond acceptors (Lipinski definition) is 2. The lowest BCUT2D eigenvalue weighted by Gasteiger charge is -2.21. The summed E-state index contributed by atoms with van der Waals surface area (Å²) in [5.74, 6) is -0.500. The molecule has 21 heavy (non-hydrogen) atoms. The largest absolute Gasteiger partial charge is 0.479 e. The van der Waals surface area contributed by atoms with Crippen LogP contribution in [0, 0.1) is 5.92 Å². The van der Waals surface area contributed by atoms with Crippen LogP contribution in [0.5, 0.6) is 0 Å². The topological polar surface area (TPSA) is 69.6 Å². The van der Waals surface area contributed by atoms with E-state index in [1.807, 2.05) is 6.07 Å². The first-order valence-electron chi connectivity index (χ1n) is 7.45. The van der Waals surface area contributed by atoms with Crippen LogP contribution in [0.15, 0.2) is 30.3 Å². The minimum atomic E-state index is -1.04. The Morgan fingerprint density at radius 3 is 2.71 bits per heavy atom. The number of carboxylic acids is 1. The summed E-state index contributed by atoms with van der Waals surface area (Å²) in [5, 5.41) is 11.9. The SMILES string of the molecule is CCCC1CCN(C(=O)N[C@@H](C(=O)O)c2ccccc2)C1. The van der Waals surface area contributed by atoms with Gasteiger partial charge in [-0.2, -0.15) is 0 Å². The van der Waals surface area contributed by atoms with Crippen LogP contribution in [0.4, 0.5) is 4.79 Å². The molecule has 1 aliphatic rings. The standard InChI is InChI=1S/C16H22N2O3/c1-2-6-12-9-10-18(11-12)16(21)17-14(15(19)20)13-7-4-3-5-8-13/h3-5,7-8,12,14H,2,6,9-11H2,1H3,(H,17,21)(H,19,20)/t12?,14-/m1/s1. The highest BCUT2D eigenvalue weighted by Gasteiger charge is 2.29. The van der Waals surface area contributed by atoms with E-state index in [0.717, 1.165) is 25.8 Å². The molecule has 0 radical (unpaired) electrons. The summed E-state index contributed by atoms with van der Waals surface area (Å²) in [6.45, 7) is 3.57. The molecule has 1 aliphatic heterocycles. The molecule has 2 N–H and O–H groups in total. The number of aliphatic carboxylic acids is 1. The van der Waals surface area contributed by atoms with Crippen molar-refractivity contribution in [2.75, 3.05) is 13.1 Å². The molecular formula is C16H22N2O3. The van der Waals surface area contributed by atoms with Gasteiger partial charge in [-0.15, -0.1) is 0 Å². The van der Waals surface area contributed by atoms with Gasteiger partial charge in [-0.25, -0.2) is 9.59 Å². The number of rotatable bonds is 5. The average molecular weight is 290 g/mol. The van der Waals surface area contributed by atoms with Gasteiger partial charge in [-0.1, -0.05) is 43.7 Å². The van der Waals surface area contributed by atoms with Crippen molar-refractivity contribution in [3.05, 3.63) is 35.9 Å². The molecule has 0 bridgehead atoms. The molecule has 114 valence electrons. The van der Waals surface area contributed by atoms with Crippen LogP contribution in [0.3, 0.4) is 0 Å². The maximum absolute atomic E-state index is 12.2. The van der Waals surface area contributed by atoms with Gasteiger partial charge in [0.05, 0.1) is 0 Å². The summed E-state index contributed by atoms with van der Waals surface area (Å²) in [4.78, 5) is 25.3. The lowest BCUT2D eigenvalue weighted by Crippen LogP contribution is -2.42. The smallest absolute Gasteiger partial charge is 0.330 e. The third-order valence-corrected chi connectivity index (χ3v) is 3.92. The Bertz CT molecular complexity index is 490. The van der Waals surface area contributed by atoms with Gasteiger partial charge in [-0.3, -0.25) is 0 Å². The second-order valence-corrected chi connectivity index (χ2v) is 5.52. The van der Waals surface area contributed by atoms with Crippen LogP contribution in [0.25, 0.3) is 0 Å². The fraction of sp³-hybridized carbons (Fsp3) is 0.500. The third kappa shape index (κ3) is 3.97. The van der Waals surface area contributed by atoms with E-state index < -0.39 is 12.0 Å². The molecule has 2 atom stereocenters. The summed E-state index contributed by atoms with van der Waals surface area (Å²) in [6, 6.07) is 7.50. The molecule has 1 fully saturated rings. The summed E-state index contributed by atoms with van der Waals surface area (Å²) >= 11 is 0. The molecule has 1 aromatic carbocycles. The van der Waals surface area contributed by atoms with Gasteiger partial charge in [-0.05, 0) is 24.3 Å². The number of carboxylic acid groups (broad SMARTS) is 1. The highest BCUT2D eigenvalue weighted by molar-refractivity contribution is 5.83. The van der Waals surface area contributed by atoms with Gasteiger partial charge < -0.3 is 15.3 Å². The minimum absolute atomic E-state index is 0.287. The molecule has 1 unspecified atom stereocenters. The van der Waals surface area contributed by atoms with E-state index in [4.69, 9.17) is 0 Å². The normalized spacial score (nSPS) is 19.3. The summed E-state index contributed by atoms with van der Waals surface area (Å²) in [5.41, 5.74) is 0.586. The number of urea groups is 1. The first-order valence-corrected chi connectivity index (χ1v) is 7.45. The van der Waals surface area contributed by atoms with Crippen LogP contribution in [-0.2, 0) is 4.79 Å². The summed E-state index contributed by atoms with van der Waals surface area (Å²) in [6.07, 6.45) is 3.23. The first-order chi connectivity index (χ1) is 10.1. The van der Waals surface area contributed by atoms with Gasteiger partial charge in [0.15, 0.2) is 6.04 Å². The number of carbonyl (C=O) groups is 2. The number of nitrogens with zero attached hydrogens (tertiary/aromatic N) is 1. The zero-order valence-electron chi connectivity index (χ0n) is 12.3. The van der Waals surface area contributed by atoms with Crippen molar-refractivity contribution >= 4 is 12.0 Å². The number of likely N-dealkylation sites (tertiary alicyclic amines) is 1. The summed E-state index contributed by atoms with van der Waals surface area (Å²) < 4.78 is 0. The van der Waals surface area contributed by atoms with Crippen LogP contribution < -0.4 is 5.32 Å². The second-order valence-electron chi connectivity index (χ2n) is 5.52. The quantitative estimate of drug-likeness (QED) is 0.876. The lowest BCUT2D eigenvalue weighted by molar-refractivity contribution is -0.139. The van der Waals surface area contributed by atoms with E-state index >= 15 is 0 Å². The number of nitrogens with one attached hydrogen (secondary N) is 1. The molecule has 2 rings (SSSR count). The first kappa shape index (κ1) is 15.4. The molecule has 0 aliphatic carbocycles. The highest BCUT2D eigenvalue weighted by atomic mass is 16.4. The van der Waals surface area contributed by atoms with E-state index in [2.05, 4.69) is 12.2 Å². The number of hydrogen-bond donors (Lipinski definition) is 2. The molecule has 0 saturated carbocycles. The van der Waals surface area contributed by atoms with Crippen molar-refractivity contribution in [2.45, 2.75) is 32.2 Å². The van der Waals surface area contributed by atoms with Gasteiger partial charge in [0.2, 0.25) is 0 Å².